The summed E-state index contributed by atoms with van der Waals surface area (Å²) in [4.78, 5) is 14.4. The Balaban J connectivity index is 1.79. The first kappa shape index (κ1) is 15.9. The van der Waals surface area contributed by atoms with E-state index in [9.17, 15) is 4.79 Å². The Morgan fingerprint density at radius 3 is 2.65 bits per heavy atom. The third kappa shape index (κ3) is 3.37. The molecule has 0 aliphatic heterocycles. The highest BCUT2D eigenvalue weighted by molar-refractivity contribution is 6.33. The van der Waals surface area contributed by atoms with Gasteiger partial charge in [-0.15, -0.1) is 0 Å². The smallest absolute Gasteiger partial charge is 0.289 e. The average molecular weight is 333 g/mol. The summed E-state index contributed by atoms with van der Waals surface area (Å²) in [6, 6.07) is 9.04. The predicted molar refractivity (Wildman–Crippen MR) is 92.5 cm³/mol. The van der Waals surface area contributed by atoms with Gasteiger partial charge in [0.25, 0.3) is 5.91 Å². The number of nitrogens with two attached hydrogens (primary N) is 1. The fourth-order valence-electron chi connectivity index (χ4n) is 3.14. The van der Waals surface area contributed by atoms with Crippen LogP contribution in [0.1, 0.15) is 42.7 Å². The fraction of sp³-hybridized carbons (Fsp3) is 0.389. The molecule has 2 N–H and O–H groups in total. The van der Waals surface area contributed by atoms with Crippen LogP contribution in [0.3, 0.4) is 0 Å². The van der Waals surface area contributed by atoms with Crippen LogP contribution in [-0.2, 0) is 0 Å². The molecule has 1 saturated carbocycles. The molecule has 0 bridgehead atoms. The van der Waals surface area contributed by atoms with Crippen LogP contribution in [0.15, 0.2) is 34.7 Å². The number of anilines is 1. The lowest BCUT2D eigenvalue weighted by Crippen LogP contribution is -2.38. The van der Waals surface area contributed by atoms with Gasteiger partial charge in [0.15, 0.2) is 5.76 Å². The summed E-state index contributed by atoms with van der Waals surface area (Å²) in [6.45, 7) is 0. The number of hydrogen-bond donors (Lipinski definition) is 1. The number of benzene rings is 1. The van der Waals surface area contributed by atoms with Crippen LogP contribution < -0.4 is 5.73 Å². The number of carbonyl (C=O) groups is 1. The van der Waals surface area contributed by atoms with Crippen LogP contribution in [0.2, 0.25) is 5.02 Å². The van der Waals surface area contributed by atoms with Gasteiger partial charge in [-0.2, -0.15) is 0 Å². The van der Waals surface area contributed by atoms with Crippen molar-refractivity contribution < 1.29 is 9.21 Å². The minimum Gasteiger partial charge on any atom is -0.451 e. The van der Waals surface area contributed by atoms with Crippen molar-refractivity contribution in [2.75, 3.05) is 12.8 Å². The zero-order valence-corrected chi connectivity index (χ0v) is 14.0. The Bertz CT molecular complexity index is 705. The number of nitrogens with zero attached hydrogens (tertiary/aromatic N) is 1. The molecule has 1 amide bonds. The van der Waals surface area contributed by atoms with E-state index in [0.29, 0.717) is 28.3 Å². The molecule has 1 heterocycles. The molecule has 1 aliphatic carbocycles. The molecule has 3 rings (SSSR count). The van der Waals surface area contributed by atoms with Gasteiger partial charge in [0.1, 0.15) is 5.76 Å². The standard InChI is InChI=1S/C18H21ClN2O2/c1-21(13-5-3-2-4-6-13)18(22)17-10-9-16(23-17)14-8-7-12(20)11-15(14)19/h7-11,13H,2-6,20H2,1H3. The molecular weight excluding hydrogens is 312 g/mol. The van der Waals surface area contributed by atoms with Gasteiger partial charge in [-0.3, -0.25) is 4.79 Å². The number of halogens is 1. The van der Waals surface area contributed by atoms with Gasteiger partial charge in [-0.1, -0.05) is 30.9 Å². The SMILES string of the molecule is CN(C(=O)c1ccc(-c2ccc(N)cc2Cl)o1)C1CCCCC1. The molecule has 0 unspecified atom stereocenters. The Morgan fingerprint density at radius 1 is 1.22 bits per heavy atom. The van der Waals surface area contributed by atoms with E-state index in [1.165, 1.54) is 19.3 Å². The van der Waals surface area contributed by atoms with E-state index in [2.05, 4.69) is 0 Å². The van der Waals surface area contributed by atoms with Crippen LogP contribution in [0, 0.1) is 0 Å². The first-order valence-electron chi connectivity index (χ1n) is 7.98. The van der Waals surface area contributed by atoms with Crippen LogP contribution in [0.25, 0.3) is 11.3 Å². The Labute approximate surface area is 141 Å². The lowest BCUT2D eigenvalue weighted by molar-refractivity contribution is 0.0665. The maximum atomic E-state index is 12.6. The van der Waals surface area contributed by atoms with Crippen molar-refractivity contribution in [3.05, 3.63) is 41.1 Å². The molecule has 0 atom stereocenters. The van der Waals surface area contributed by atoms with E-state index in [-0.39, 0.29) is 5.91 Å². The summed E-state index contributed by atoms with van der Waals surface area (Å²) in [5, 5.41) is 0.513. The van der Waals surface area contributed by atoms with Crippen LogP contribution in [0.5, 0.6) is 0 Å². The zero-order valence-electron chi connectivity index (χ0n) is 13.2. The minimum absolute atomic E-state index is 0.0743. The van der Waals surface area contributed by atoms with E-state index in [1.807, 2.05) is 11.9 Å². The largest absolute Gasteiger partial charge is 0.451 e. The van der Waals surface area contributed by atoms with Crippen LogP contribution in [-0.4, -0.2) is 23.9 Å². The van der Waals surface area contributed by atoms with Crippen LogP contribution in [0.4, 0.5) is 5.69 Å². The summed E-state index contributed by atoms with van der Waals surface area (Å²) in [7, 11) is 1.86. The van der Waals surface area contributed by atoms with Crippen molar-refractivity contribution in [1.29, 1.82) is 0 Å². The number of nitrogen functional groups attached to an aromatic ring is 1. The number of amides is 1. The summed E-state index contributed by atoms with van der Waals surface area (Å²) in [5.74, 6) is 0.853. The van der Waals surface area contributed by atoms with E-state index in [4.69, 9.17) is 21.8 Å². The van der Waals surface area contributed by atoms with Crippen molar-refractivity contribution in [3.63, 3.8) is 0 Å². The van der Waals surface area contributed by atoms with Crippen molar-refractivity contribution in [2.24, 2.45) is 0 Å². The van der Waals surface area contributed by atoms with Gasteiger partial charge >= 0.3 is 0 Å². The summed E-state index contributed by atoms with van der Waals surface area (Å²) in [5.41, 5.74) is 7.04. The molecule has 5 heteroatoms. The van der Waals surface area contributed by atoms with Crippen molar-refractivity contribution >= 4 is 23.2 Å². The maximum absolute atomic E-state index is 12.6. The van der Waals surface area contributed by atoms with Gasteiger partial charge in [-0.05, 0) is 43.2 Å². The van der Waals surface area contributed by atoms with Crippen molar-refractivity contribution in [1.82, 2.24) is 4.90 Å². The number of furan rings is 1. The lowest BCUT2D eigenvalue weighted by Gasteiger charge is -2.30. The van der Waals surface area contributed by atoms with Crippen LogP contribution >= 0.6 is 11.6 Å². The molecule has 4 nitrogen and oxygen atoms in total. The van der Waals surface area contributed by atoms with Gasteiger partial charge in [0.2, 0.25) is 0 Å². The molecule has 2 aromatic rings. The first-order chi connectivity index (χ1) is 11.1. The highest BCUT2D eigenvalue weighted by atomic mass is 35.5. The molecule has 1 aliphatic rings. The van der Waals surface area contributed by atoms with E-state index < -0.39 is 0 Å². The van der Waals surface area contributed by atoms with Gasteiger partial charge in [-0.25, -0.2) is 0 Å². The van der Waals surface area contributed by atoms with Gasteiger partial charge in [0, 0.05) is 24.3 Å². The Hall–Kier alpha value is -1.94. The van der Waals surface area contributed by atoms with Gasteiger partial charge < -0.3 is 15.1 Å². The summed E-state index contributed by atoms with van der Waals surface area (Å²) < 4.78 is 5.75. The topological polar surface area (TPSA) is 59.5 Å². The van der Waals surface area contributed by atoms with Crippen molar-refractivity contribution in [2.45, 2.75) is 38.1 Å². The van der Waals surface area contributed by atoms with Gasteiger partial charge in [0.05, 0.1) is 5.02 Å². The van der Waals surface area contributed by atoms with E-state index in [0.717, 1.165) is 18.4 Å². The molecule has 1 aromatic carbocycles. The normalized spacial score (nSPS) is 15.6. The third-order valence-electron chi connectivity index (χ3n) is 4.52. The monoisotopic (exact) mass is 332 g/mol. The molecule has 1 aromatic heterocycles. The van der Waals surface area contributed by atoms with Crippen molar-refractivity contribution in [3.8, 4) is 11.3 Å². The number of rotatable bonds is 3. The van der Waals surface area contributed by atoms with E-state index in [1.54, 1.807) is 30.3 Å². The van der Waals surface area contributed by atoms with E-state index >= 15 is 0 Å². The minimum atomic E-state index is -0.0743. The molecule has 0 radical (unpaired) electrons. The second-order valence-electron chi connectivity index (χ2n) is 6.11. The Kier molecular flexibility index (Phi) is 4.62. The quantitative estimate of drug-likeness (QED) is 0.836. The maximum Gasteiger partial charge on any atom is 0.289 e. The molecule has 122 valence electrons. The second kappa shape index (κ2) is 6.67. The zero-order chi connectivity index (χ0) is 16.4. The molecule has 1 fully saturated rings. The average Bonchev–Trinajstić information content (AvgIpc) is 3.04. The first-order valence-corrected chi connectivity index (χ1v) is 8.36. The highest BCUT2D eigenvalue weighted by Crippen LogP contribution is 2.31. The molecule has 0 saturated heterocycles. The fourth-order valence-corrected chi connectivity index (χ4v) is 3.42. The Morgan fingerprint density at radius 2 is 1.96 bits per heavy atom. The summed E-state index contributed by atoms with van der Waals surface area (Å²) in [6.07, 6.45) is 5.78. The third-order valence-corrected chi connectivity index (χ3v) is 4.83. The lowest BCUT2D eigenvalue weighted by atomic mass is 9.94. The molecule has 0 spiro atoms. The molecular formula is C18H21ClN2O2. The summed E-state index contributed by atoms with van der Waals surface area (Å²) >= 11 is 6.20. The number of hydrogen-bond acceptors (Lipinski definition) is 3. The number of carbonyl (C=O) groups excluding carboxylic acids is 1. The second-order valence-corrected chi connectivity index (χ2v) is 6.52. The molecule has 23 heavy (non-hydrogen) atoms. The highest BCUT2D eigenvalue weighted by Gasteiger charge is 2.25. The predicted octanol–water partition coefficient (Wildman–Crippen LogP) is 4.59.